The van der Waals surface area contributed by atoms with Crippen molar-refractivity contribution in [2.75, 3.05) is 0 Å². The lowest BCUT2D eigenvalue weighted by molar-refractivity contribution is 0.464. The number of aromatic nitrogens is 1. The number of rotatable bonds is 2. The van der Waals surface area contributed by atoms with Gasteiger partial charge in [0.05, 0.1) is 0 Å². The molecule has 2 aromatic rings. The highest BCUT2D eigenvalue weighted by Gasteiger charge is 2.01. The number of nitrogens with one attached hydrogen (secondary N) is 1. The molecule has 0 aliphatic heterocycles. The summed E-state index contributed by atoms with van der Waals surface area (Å²) in [7, 11) is 0. The van der Waals surface area contributed by atoms with Gasteiger partial charge in [-0.2, -0.15) is 0 Å². The van der Waals surface area contributed by atoms with Crippen LogP contribution in [-0.4, -0.2) is 15.2 Å². The Morgan fingerprint density at radius 2 is 1.75 bits per heavy atom. The van der Waals surface area contributed by atoms with Crippen LogP contribution in [0.3, 0.4) is 0 Å². The Bertz CT molecular complexity index is 548. The minimum Gasteiger partial charge on any atom is -0.508 e. The second-order valence-electron chi connectivity index (χ2n) is 3.15. The molecule has 1 aromatic carbocycles. The van der Waals surface area contributed by atoms with Crippen molar-refractivity contribution >= 4 is 11.8 Å². The fraction of sp³-hybridized carbons (Fsp3) is 0. The molecule has 0 saturated heterocycles. The van der Waals surface area contributed by atoms with Crippen LogP contribution in [0.4, 0.5) is 0 Å². The normalized spacial score (nSPS) is 10.2. The SMILES string of the molecule is O=c1[nH]cc(Sc2ccc(O)cc2)cc1O. The molecule has 0 fully saturated rings. The summed E-state index contributed by atoms with van der Waals surface area (Å²) >= 11 is 1.38. The fourth-order valence-corrected chi connectivity index (χ4v) is 1.99. The van der Waals surface area contributed by atoms with Crippen molar-refractivity contribution in [3.63, 3.8) is 0 Å². The van der Waals surface area contributed by atoms with Crippen LogP contribution in [0.25, 0.3) is 0 Å². The number of aromatic amines is 1. The molecule has 16 heavy (non-hydrogen) atoms. The maximum atomic E-state index is 10.9. The van der Waals surface area contributed by atoms with Crippen molar-refractivity contribution in [3.8, 4) is 11.5 Å². The first-order valence-electron chi connectivity index (χ1n) is 4.54. The molecule has 0 saturated carbocycles. The molecule has 2 rings (SSSR count). The van der Waals surface area contributed by atoms with E-state index in [2.05, 4.69) is 4.98 Å². The van der Waals surface area contributed by atoms with Crippen molar-refractivity contribution in [2.24, 2.45) is 0 Å². The molecule has 0 aliphatic rings. The van der Waals surface area contributed by atoms with E-state index in [0.717, 1.165) is 9.79 Å². The summed E-state index contributed by atoms with van der Waals surface area (Å²) in [4.78, 5) is 15.0. The van der Waals surface area contributed by atoms with E-state index in [1.807, 2.05) is 0 Å². The summed E-state index contributed by atoms with van der Waals surface area (Å²) in [6.07, 6.45) is 1.53. The standard InChI is InChI=1S/C11H9NO3S/c13-7-1-3-8(4-2-7)16-9-5-10(14)11(15)12-6-9/h1-6,13-14H,(H,12,15). The molecule has 3 N–H and O–H groups in total. The van der Waals surface area contributed by atoms with Crippen molar-refractivity contribution in [2.45, 2.75) is 9.79 Å². The summed E-state index contributed by atoms with van der Waals surface area (Å²) in [6.45, 7) is 0. The Morgan fingerprint density at radius 3 is 2.38 bits per heavy atom. The summed E-state index contributed by atoms with van der Waals surface area (Å²) < 4.78 is 0. The monoisotopic (exact) mass is 235 g/mol. The summed E-state index contributed by atoms with van der Waals surface area (Å²) in [6, 6.07) is 8.06. The van der Waals surface area contributed by atoms with Gasteiger partial charge in [0.25, 0.3) is 5.56 Å². The molecular weight excluding hydrogens is 226 g/mol. The number of phenols is 1. The van der Waals surface area contributed by atoms with Crippen LogP contribution in [0.5, 0.6) is 11.5 Å². The van der Waals surface area contributed by atoms with Gasteiger partial charge in [0.1, 0.15) is 5.75 Å². The van der Waals surface area contributed by atoms with Gasteiger partial charge in [-0.15, -0.1) is 0 Å². The average molecular weight is 235 g/mol. The van der Waals surface area contributed by atoms with Crippen LogP contribution in [0.1, 0.15) is 0 Å². The third-order valence-electron chi connectivity index (χ3n) is 1.93. The molecule has 4 nitrogen and oxygen atoms in total. The van der Waals surface area contributed by atoms with Gasteiger partial charge in [0.2, 0.25) is 0 Å². The molecule has 0 amide bonds. The lowest BCUT2D eigenvalue weighted by atomic mass is 10.3. The van der Waals surface area contributed by atoms with Crippen molar-refractivity contribution in [1.82, 2.24) is 4.98 Å². The van der Waals surface area contributed by atoms with E-state index in [0.29, 0.717) is 0 Å². The van der Waals surface area contributed by atoms with Gasteiger partial charge in [-0.25, -0.2) is 0 Å². The lowest BCUT2D eigenvalue weighted by Gasteiger charge is -2.01. The zero-order chi connectivity index (χ0) is 11.5. The number of pyridine rings is 1. The van der Waals surface area contributed by atoms with E-state index >= 15 is 0 Å². The van der Waals surface area contributed by atoms with Gasteiger partial charge < -0.3 is 15.2 Å². The second kappa shape index (κ2) is 4.32. The van der Waals surface area contributed by atoms with Gasteiger partial charge >= 0.3 is 0 Å². The molecule has 0 aliphatic carbocycles. The average Bonchev–Trinajstić information content (AvgIpc) is 2.27. The molecule has 0 radical (unpaired) electrons. The third-order valence-corrected chi connectivity index (χ3v) is 2.91. The molecule has 82 valence electrons. The molecule has 0 unspecified atom stereocenters. The number of phenolic OH excluding ortho intramolecular Hbond substituents is 1. The van der Waals surface area contributed by atoms with E-state index in [1.54, 1.807) is 24.3 Å². The van der Waals surface area contributed by atoms with Gasteiger partial charge in [0.15, 0.2) is 5.75 Å². The van der Waals surface area contributed by atoms with Crippen LogP contribution in [-0.2, 0) is 0 Å². The van der Waals surface area contributed by atoms with E-state index in [1.165, 1.54) is 24.0 Å². The zero-order valence-corrected chi connectivity index (χ0v) is 8.99. The third kappa shape index (κ3) is 2.38. The summed E-state index contributed by atoms with van der Waals surface area (Å²) in [5, 5.41) is 18.3. The van der Waals surface area contributed by atoms with E-state index in [9.17, 15) is 9.90 Å². The highest BCUT2D eigenvalue weighted by atomic mass is 32.2. The lowest BCUT2D eigenvalue weighted by Crippen LogP contribution is -2.02. The van der Waals surface area contributed by atoms with Crippen LogP contribution in [0.15, 0.2) is 51.1 Å². The number of hydrogen-bond donors (Lipinski definition) is 3. The maximum absolute atomic E-state index is 10.9. The molecular formula is C11H9NO3S. The highest BCUT2D eigenvalue weighted by molar-refractivity contribution is 7.99. The van der Waals surface area contributed by atoms with Crippen LogP contribution in [0, 0.1) is 0 Å². The number of benzene rings is 1. The Kier molecular flexibility index (Phi) is 2.87. The summed E-state index contributed by atoms with van der Waals surface area (Å²) in [5.74, 6) is -0.0996. The van der Waals surface area contributed by atoms with Crippen molar-refractivity contribution in [3.05, 3.63) is 46.9 Å². The predicted octanol–water partition coefficient (Wildman–Crippen LogP) is 1.94. The van der Waals surface area contributed by atoms with E-state index < -0.39 is 5.56 Å². The van der Waals surface area contributed by atoms with Gasteiger partial charge in [-0.3, -0.25) is 4.79 Å². The van der Waals surface area contributed by atoms with Crippen molar-refractivity contribution < 1.29 is 10.2 Å². The Balaban J connectivity index is 2.23. The zero-order valence-electron chi connectivity index (χ0n) is 8.18. The number of aromatic hydroxyl groups is 2. The van der Waals surface area contributed by atoms with Gasteiger partial charge in [0, 0.05) is 22.1 Å². The van der Waals surface area contributed by atoms with Crippen molar-refractivity contribution in [1.29, 1.82) is 0 Å². The number of H-pyrrole nitrogens is 1. The summed E-state index contributed by atoms with van der Waals surface area (Å²) in [5.41, 5.74) is -0.505. The highest BCUT2D eigenvalue weighted by Crippen LogP contribution is 2.28. The Morgan fingerprint density at radius 1 is 1.06 bits per heavy atom. The topological polar surface area (TPSA) is 73.3 Å². The van der Waals surface area contributed by atoms with Crippen LogP contribution < -0.4 is 5.56 Å². The largest absolute Gasteiger partial charge is 0.508 e. The van der Waals surface area contributed by atoms with Crippen LogP contribution >= 0.6 is 11.8 Å². The molecule has 0 bridgehead atoms. The fourth-order valence-electron chi connectivity index (χ4n) is 1.16. The first-order chi connectivity index (χ1) is 7.65. The molecule has 5 heteroatoms. The van der Waals surface area contributed by atoms with Crippen LogP contribution in [0.2, 0.25) is 0 Å². The first kappa shape index (κ1) is 10.6. The van der Waals surface area contributed by atoms with E-state index in [-0.39, 0.29) is 11.5 Å². The molecule has 0 spiro atoms. The minimum atomic E-state index is -0.505. The molecule has 1 heterocycles. The van der Waals surface area contributed by atoms with Gasteiger partial charge in [-0.05, 0) is 24.3 Å². The van der Waals surface area contributed by atoms with Gasteiger partial charge in [-0.1, -0.05) is 11.8 Å². The second-order valence-corrected chi connectivity index (χ2v) is 4.29. The van der Waals surface area contributed by atoms with E-state index in [4.69, 9.17) is 5.11 Å². The Labute approximate surface area is 95.6 Å². The molecule has 0 atom stereocenters. The smallest absolute Gasteiger partial charge is 0.290 e. The number of hydrogen-bond acceptors (Lipinski definition) is 4. The predicted molar refractivity (Wildman–Crippen MR) is 61.0 cm³/mol. The minimum absolute atomic E-state index is 0.202. The first-order valence-corrected chi connectivity index (χ1v) is 5.35. The maximum Gasteiger partial charge on any atom is 0.290 e. The quantitative estimate of drug-likeness (QED) is 0.743. The Hall–Kier alpha value is -1.88. The molecule has 1 aromatic heterocycles.